The minimum Gasteiger partial charge on any atom is -0.456 e. The van der Waals surface area contributed by atoms with Gasteiger partial charge in [-0.15, -0.1) is 0 Å². The number of hydrogen-bond donors (Lipinski definition) is 2. The molecule has 0 bridgehead atoms. The minimum absolute atomic E-state index is 0.0149. The predicted octanol–water partition coefficient (Wildman–Crippen LogP) is 8.14. The quantitative estimate of drug-likeness (QED) is 0.135. The number of aliphatic hydroxyl groups excluding tert-OH is 2. The van der Waals surface area contributed by atoms with Crippen molar-refractivity contribution in [2.45, 2.75) is 26.1 Å². The summed E-state index contributed by atoms with van der Waals surface area (Å²) in [5, 5.41) is 17.9. The van der Waals surface area contributed by atoms with Gasteiger partial charge >= 0.3 is 0 Å². The molecule has 0 aliphatic rings. The number of aromatic nitrogens is 1. The molecule has 0 fully saturated rings. The second kappa shape index (κ2) is 15.3. The zero-order chi connectivity index (χ0) is 30.7. The monoisotopic (exact) mass is 591 g/mol. The summed E-state index contributed by atoms with van der Waals surface area (Å²) in [7, 11) is 0. The van der Waals surface area contributed by atoms with Gasteiger partial charge in [-0.3, -0.25) is 0 Å². The third-order valence-corrected chi connectivity index (χ3v) is 7.22. The molecule has 0 saturated carbocycles. The highest BCUT2D eigenvalue weighted by Gasteiger charge is 2.09. The minimum atomic E-state index is -0.0692. The first-order valence-corrected chi connectivity index (χ1v) is 14.7. The summed E-state index contributed by atoms with van der Waals surface area (Å²) < 4.78 is 23.1. The standard InChI is InChI=1S/C37H37NO6/c1-26(41-23-21-39)28-3-7-30(8-4-28)32-11-15-34(16-12-32)43-36-19-20-37(38-25-36)44-35-17-13-33(14-18-35)31-9-5-29(6-10-31)27(2)42-24-22-40/h3-20,25-27,39-40H,21-24H2,1-2H3. The van der Waals surface area contributed by atoms with Crippen LogP contribution in [0.1, 0.15) is 37.2 Å². The van der Waals surface area contributed by atoms with Gasteiger partial charge in [0.15, 0.2) is 0 Å². The van der Waals surface area contributed by atoms with Gasteiger partial charge in [0.05, 0.1) is 44.8 Å². The summed E-state index contributed by atoms with van der Waals surface area (Å²) in [5.74, 6) is 2.48. The van der Waals surface area contributed by atoms with Crippen molar-refractivity contribution in [3.63, 3.8) is 0 Å². The summed E-state index contributed by atoms with van der Waals surface area (Å²) in [5.41, 5.74) is 6.48. The van der Waals surface area contributed by atoms with Crippen LogP contribution in [0, 0.1) is 0 Å². The van der Waals surface area contributed by atoms with Crippen LogP contribution in [0.2, 0.25) is 0 Å². The van der Waals surface area contributed by atoms with E-state index in [0.717, 1.165) is 33.4 Å². The molecular formula is C37H37NO6. The van der Waals surface area contributed by atoms with Crippen LogP contribution in [0.25, 0.3) is 22.3 Å². The molecule has 4 aromatic carbocycles. The molecule has 7 heteroatoms. The zero-order valence-electron chi connectivity index (χ0n) is 24.9. The van der Waals surface area contributed by atoms with E-state index in [4.69, 9.17) is 29.2 Å². The third-order valence-electron chi connectivity index (χ3n) is 7.22. The highest BCUT2D eigenvalue weighted by Crippen LogP contribution is 2.30. The van der Waals surface area contributed by atoms with E-state index in [1.165, 1.54) is 0 Å². The second-order valence-corrected chi connectivity index (χ2v) is 10.3. The Hall–Kier alpha value is -4.53. The Morgan fingerprint density at radius 3 is 1.27 bits per heavy atom. The third kappa shape index (κ3) is 8.30. The molecule has 0 radical (unpaired) electrons. The van der Waals surface area contributed by atoms with Crippen molar-refractivity contribution in [1.29, 1.82) is 0 Å². The maximum atomic E-state index is 8.95. The van der Waals surface area contributed by atoms with Crippen molar-refractivity contribution in [1.82, 2.24) is 4.98 Å². The Kier molecular flexibility index (Phi) is 10.7. The SMILES string of the molecule is CC(OCCO)c1ccc(-c2ccc(Oc3ccc(Oc4ccc(-c5ccc(C(C)OCCO)cc5)cc4)nc3)cc2)cc1. The van der Waals surface area contributed by atoms with Gasteiger partial charge in [0, 0.05) is 6.07 Å². The number of ether oxygens (including phenoxy) is 4. The predicted molar refractivity (Wildman–Crippen MR) is 171 cm³/mol. The highest BCUT2D eigenvalue weighted by atomic mass is 16.5. The van der Waals surface area contributed by atoms with Crippen LogP contribution >= 0.6 is 0 Å². The lowest BCUT2D eigenvalue weighted by Gasteiger charge is -2.13. The van der Waals surface area contributed by atoms with Crippen molar-refractivity contribution in [3.8, 4) is 45.4 Å². The summed E-state index contributed by atoms with van der Waals surface area (Å²) in [6.07, 6.45) is 1.50. The van der Waals surface area contributed by atoms with Crippen LogP contribution in [0.4, 0.5) is 0 Å². The average molecular weight is 592 g/mol. The average Bonchev–Trinajstić information content (AvgIpc) is 3.08. The number of benzene rings is 4. The molecule has 7 nitrogen and oxygen atoms in total. The molecule has 0 aliphatic heterocycles. The molecule has 2 unspecified atom stereocenters. The number of nitrogens with zero attached hydrogens (tertiary/aromatic N) is 1. The van der Waals surface area contributed by atoms with Crippen molar-refractivity contribution in [2.24, 2.45) is 0 Å². The fourth-order valence-electron chi connectivity index (χ4n) is 4.72. The molecule has 1 heterocycles. The smallest absolute Gasteiger partial charge is 0.219 e. The van der Waals surface area contributed by atoms with Gasteiger partial charge in [-0.2, -0.15) is 0 Å². The topological polar surface area (TPSA) is 90.3 Å². The maximum Gasteiger partial charge on any atom is 0.219 e. The van der Waals surface area contributed by atoms with E-state index in [0.29, 0.717) is 36.3 Å². The van der Waals surface area contributed by atoms with Gasteiger partial charge in [-0.25, -0.2) is 4.98 Å². The van der Waals surface area contributed by atoms with Gasteiger partial charge in [0.25, 0.3) is 0 Å². The van der Waals surface area contributed by atoms with Crippen LogP contribution in [0.15, 0.2) is 115 Å². The molecule has 1 aromatic heterocycles. The van der Waals surface area contributed by atoms with E-state index >= 15 is 0 Å². The molecule has 2 atom stereocenters. The largest absolute Gasteiger partial charge is 0.456 e. The molecule has 44 heavy (non-hydrogen) atoms. The molecule has 2 N–H and O–H groups in total. The number of hydrogen-bond acceptors (Lipinski definition) is 7. The number of pyridine rings is 1. The molecule has 5 aromatic rings. The first-order chi connectivity index (χ1) is 21.5. The highest BCUT2D eigenvalue weighted by molar-refractivity contribution is 5.65. The van der Waals surface area contributed by atoms with E-state index < -0.39 is 0 Å². The van der Waals surface area contributed by atoms with Gasteiger partial charge in [-0.1, -0.05) is 72.8 Å². The Labute approximate surface area is 258 Å². The van der Waals surface area contributed by atoms with Crippen LogP contribution in [0.3, 0.4) is 0 Å². The summed E-state index contributed by atoms with van der Waals surface area (Å²) in [4.78, 5) is 4.41. The van der Waals surface area contributed by atoms with E-state index in [1.54, 1.807) is 12.3 Å². The van der Waals surface area contributed by atoms with E-state index in [1.807, 2.05) is 92.7 Å². The Balaban J connectivity index is 1.14. The Morgan fingerprint density at radius 2 is 0.886 bits per heavy atom. The van der Waals surface area contributed by atoms with Crippen LogP contribution < -0.4 is 9.47 Å². The summed E-state index contributed by atoms with van der Waals surface area (Å²) in [6, 6.07) is 35.8. The van der Waals surface area contributed by atoms with Crippen molar-refractivity contribution >= 4 is 0 Å². The molecular weight excluding hydrogens is 554 g/mol. The first-order valence-electron chi connectivity index (χ1n) is 14.7. The van der Waals surface area contributed by atoms with Crippen LogP contribution in [-0.4, -0.2) is 41.6 Å². The van der Waals surface area contributed by atoms with Crippen molar-refractivity contribution in [2.75, 3.05) is 26.4 Å². The van der Waals surface area contributed by atoms with Gasteiger partial charge < -0.3 is 29.2 Å². The molecule has 0 aliphatic carbocycles. The number of aliphatic hydroxyl groups is 2. The molecule has 5 rings (SSSR count). The second-order valence-electron chi connectivity index (χ2n) is 10.3. The Morgan fingerprint density at radius 1 is 0.500 bits per heavy atom. The van der Waals surface area contributed by atoms with E-state index in [-0.39, 0.29) is 25.4 Å². The zero-order valence-corrected chi connectivity index (χ0v) is 24.9. The van der Waals surface area contributed by atoms with Crippen molar-refractivity contribution in [3.05, 3.63) is 127 Å². The summed E-state index contributed by atoms with van der Waals surface area (Å²) in [6.45, 7) is 4.63. The van der Waals surface area contributed by atoms with Gasteiger partial charge in [-0.05, 0) is 77.6 Å². The lowest BCUT2D eigenvalue weighted by molar-refractivity contribution is 0.0385. The lowest BCUT2D eigenvalue weighted by Crippen LogP contribution is -2.04. The summed E-state index contributed by atoms with van der Waals surface area (Å²) >= 11 is 0. The Bertz CT molecular complexity index is 1450. The van der Waals surface area contributed by atoms with E-state index in [2.05, 4.69) is 29.2 Å². The fraction of sp³-hybridized carbons (Fsp3) is 0.216. The van der Waals surface area contributed by atoms with Crippen molar-refractivity contribution < 1.29 is 29.2 Å². The molecule has 0 saturated heterocycles. The molecule has 0 amide bonds. The maximum absolute atomic E-state index is 8.95. The van der Waals surface area contributed by atoms with E-state index in [9.17, 15) is 0 Å². The molecule has 0 spiro atoms. The molecule has 226 valence electrons. The number of rotatable bonds is 14. The van der Waals surface area contributed by atoms with Gasteiger partial charge in [0.1, 0.15) is 17.2 Å². The fourth-order valence-corrected chi connectivity index (χ4v) is 4.72. The van der Waals surface area contributed by atoms with Crippen LogP contribution in [-0.2, 0) is 9.47 Å². The van der Waals surface area contributed by atoms with Crippen LogP contribution in [0.5, 0.6) is 23.1 Å². The first kappa shape index (κ1) is 30.9. The lowest BCUT2D eigenvalue weighted by atomic mass is 10.0. The van der Waals surface area contributed by atoms with Gasteiger partial charge in [0.2, 0.25) is 5.88 Å². The normalized spacial score (nSPS) is 12.5.